The van der Waals surface area contributed by atoms with Crippen molar-refractivity contribution in [3.05, 3.63) is 45.8 Å². The number of benzene rings is 1. The van der Waals surface area contributed by atoms with Gasteiger partial charge in [-0.1, -0.05) is 41.9 Å². The van der Waals surface area contributed by atoms with Crippen molar-refractivity contribution in [2.75, 3.05) is 44.7 Å². The first kappa shape index (κ1) is 19.3. The number of aliphatic carboxylic acids is 1. The van der Waals surface area contributed by atoms with E-state index in [9.17, 15) is 14.7 Å². The lowest BCUT2D eigenvalue weighted by Gasteiger charge is -2.26. The van der Waals surface area contributed by atoms with Crippen LogP contribution in [0.1, 0.15) is 0 Å². The van der Waals surface area contributed by atoms with E-state index in [1.54, 1.807) is 24.3 Å². The van der Waals surface area contributed by atoms with Gasteiger partial charge in [-0.3, -0.25) is 19.1 Å². The largest absolute Gasteiger partial charge is 0.480 e. The molecule has 1 aliphatic heterocycles. The van der Waals surface area contributed by atoms with Crippen molar-refractivity contribution < 1.29 is 14.6 Å². The van der Waals surface area contributed by atoms with Crippen LogP contribution < -0.4 is 10.9 Å². The highest BCUT2D eigenvalue weighted by atomic mass is 35.5. The van der Waals surface area contributed by atoms with Gasteiger partial charge in [0.1, 0.15) is 6.54 Å². The fourth-order valence-corrected chi connectivity index (χ4v) is 3.26. The average molecular weight is 393 g/mol. The number of hydrogen-bond donors (Lipinski definition) is 2. The Morgan fingerprint density at radius 3 is 2.63 bits per heavy atom. The van der Waals surface area contributed by atoms with Crippen molar-refractivity contribution in [3.8, 4) is 11.3 Å². The Hall–Kier alpha value is -2.42. The van der Waals surface area contributed by atoms with Crippen LogP contribution in [0.5, 0.6) is 0 Å². The first-order valence-corrected chi connectivity index (χ1v) is 9.05. The Kier molecular flexibility index (Phi) is 6.44. The number of nitrogens with one attached hydrogen (secondary N) is 1. The monoisotopic (exact) mass is 392 g/mol. The minimum atomic E-state index is -1.13. The molecule has 2 aromatic rings. The number of anilines is 1. The zero-order valence-corrected chi connectivity index (χ0v) is 15.5. The molecule has 1 aliphatic rings. The van der Waals surface area contributed by atoms with Gasteiger partial charge in [-0.15, -0.1) is 0 Å². The Morgan fingerprint density at radius 1 is 1.26 bits per heavy atom. The lowest BCUT2D eigenvalue weighted by molar-refractivity contribution is -0.137. The maximum absolute atomic E-state index is 12.8. The van der Waals surface area contributed by atoms with Crippen LogP contribution in [-0.2, 0) is 16.1 Å². The van der Waals surface area contributed by atoms with Crippen LogP contribution in [0.4, 0.5) is 5.82 Å². The summed E-state index contributed by atoms with van der Waals surface area (Å²) in [4.78, 5) is 30.5. The summed E-state index contributed by atoms with van der Waals surface area (Å²) in [5, 5.41) is 12.3. The Bertz CT molecular complexity index is 850. The second-order valence-corrected chi connectivity index (χ2v) is 6.49. The summed E-state index contributed by atoms with van der Waals surface area (Å²) in [7, 11) is 0. The van der Waals surface area contributed by atoms with Crippen molar-refractivity contribution in [1.82, 2.24) is 14.5 Å². The molecule has 0 unspecified atom stereocenters. The molecule has 1 saturated heterocycles. The molecule has 3 rings (SSSR count). The molecular formula is C18H21ClN4O4. The number of aromatic nitrogens is 2. The Morgan fingerprint density at radius 2 is 1.96 bits per heavy atom. The van der Waals surface area contributed by atoms with E-state index >= 15 is 0 Å². The molecule has 2 heterocycles. The van der Waals surface area contributed by atoms with E-state index in [0.717, 1.165) is 24.2 Å². The van der Waals surface area contributed by atoms with E-state index in [0.29, 0.717) is 31.0 Å². The second-order valence-electron chi connectivity index (χ2n) is 6.13. The number of ether oxygens (including phenoxy) is 1. The number of hydrogen-bond acceptors (Lipinski definition) is 6. The summed E-state index contributed by atoms with van der Waals surface area (Å²) >= 11 is 6.32. The molecule has 9 heteroatoms. The summed E-state index contributed by atoms with van der Waals surface area (Å²) in [6.45, 7) is 3.79. The SMILES string of the molecule is O=C(O)Cn1c(-c2ccccc2)c(Cl)nc(NCCN2CCOCC2)c1=O. The molecular weight excluding hydrogens is 372 g/mol. The van der Waals surface area contributed by atoms with E-state index in [2.05, 4.69) is 15.2 Å². The standard InChI is InChI=1S/C18H21ClN4O4/c19-16-15(13-4-2-1-3-5-13)23(12-14(24)25)18(26)17(21-16)20-6-7-22-8-10-27-11-9-22/h1-5H,6-12H2,(H,20,21)(H,24,25). The van der Waals surface area contributed by atoms with Gasteiger partial charge in [-0.05, 0) is 0 Å². The number of halogens is 1. The first-order valence-electron chi connectivity index (χ1n) is 8.68. The number of rotatable bonds is 7. The van der Waals surface area contributed by atoms with Gasteiger partial charge in [0.25, 0.3) is 5.56 Å². The van der Waals surface area contributed by atoms with E-state index in [1.807, 2.05) is 6.07 Å². The molecule has 0 amide bonds. The zero-order chi connectivity index (χ0) is 19.2. The van der Waals surface area contributed by atoms with Gasteiger partial charge in [0.15, 0.2) is 11.0 Å². The van der Waals surface area contributed by atoms with Gasteiger partial charge in [0.2, 0.25) is 0 Å². The Balaban J connectivity index is 1.86. The lowest BCUT2D eigenvalue weighted by Crippen LogP contribution is -2.39. The third-order valence-electron chi connectivity index (χ3n) is 4.29. The van der Waals surface area contributed by atoms with Crippen LogP contribution in [0.25, 0.3) is 11.3 Å². The quantitative estimate of drug-likeness (QED) is 0.735. The molecule has 0 spiro atoms. The highest BCUT2D eigenvalue weighted by Gasteiger charge is 2.19. The fraction of sp³-hybridized carbons (Fsp3) is 0.389. The van der Waals surface area contributed by atoms with Gasteiger partial charge >= 0.3 is 5.97 Å². The minimum absolute atomic E-state index is 0.0502. The summed E-state index contributed by atoms with van der Waals surface area (Å²) in [6.07, 6.45) is 0. The molecule has 2 N–H and O–H groups in total. The molecule has 0 bridgehead atoms. The average Bonchev–Trinajstić information content (AvgIpc) is 2.67. The van der Waals surface area contributed by atoms with Crippen molar-refractivity contribution in [2.45, 2.75) is 6.54 Å². The summed E-state index contributed by atoms with van der Waals surface area (Å²) < 4.78 is 6.45. The molecule has 8 nitrogen and oxygen atoms in total. The summed E-state index contributed by atoms with van der Waals surface area (Å²) in [5.41, 5.74) is 0.416. The van der Waals surface area contributed by atoms with E-state index in [4.69, 9.17) is 16.3 Å². The van der Waals surface area contributed by atoms with Crippen LogP contribution in [0.3, 0.4) is 0 Å². The number of morpholine rings is 1. The van der Waals surface area contributed by atoms with Crippen LogP contribution in [0.15, 0.2) is 35.1 Å². The van der Waals surface area contributed by atoms with Crippen molar-refractivity contribution in [1.29, 1.82) is 0 Å². The van der Waals surface area contributed by atoms with Crippen LogP contribution in [-0.4, -0.2) is 64.9 Å². The van der Waals surface area contributed by atoms with Crippen LogP contribution >= 0.6 is 11.6 Å². The first-order chi connectivity index (χ1) is 13.1. The van der Waals surface area contributed by atoms with Crippen LogP contribution in [0, 0.1) is 0 Å². The van der Waals surface area contributed by atoms with Gasteiger partial charge < -0.3 is 15.2 Å². The molecule has 27 heavy (non-hydrogen) atoms. The predicted molar refractivity (Wildman–Crippen MR) is 102 cm³/mol. The lowest BCUT2D eigenvalue weighted by atomic mass is 10.1. The van der Waals surface area contributed by atoms with Crippen LogP contribution in [0.2, 0.25) is 5.15 Å². The third kappa shape index (κ3) is 4.85. The molecule has 0 aliphatic carbocycles. The molecule has 0 atom stereocenters. The van der Waals surface area contributed by atoms with E-state index in [1.165, 1.54) is 0 Å². The summed E-state index contributed by atoms with van der Waals surface area (Å²) in [5.74, 6) is -1.08. The highest BCUT2D eigenvalue weighted by molar-refractivity contribution is 6.32. The van der Waals surface area contributed by atoms with Crippen molar-refractivity contribution in [3.63, 3.8) is 0 Å². The minimum Gasteiger partial charge on any atom is -0.480 e. The number of carboxylic acid groups (broad SMARTS) is 1. The summed E-state index contributed by atoms with van der Waals surface area (Å²) in [6, 6.07) is 8.91. The zero-order valence-electron chi connectivity index (χ0n) is 14.7. The van der Waals surface area contributed by atoms with E-state index < -0.39 is 18.1 Å². The smallest absolute Gasteiger partial charge is 0.323 e. The normalized spacial score (nSPS) is 14.9. The topological polar surface area (TPSA) is 96.7 Å². The van der Waals surface area contributed by atoms with E-state index in [-0.39, 0.29) is 11.0 Å². The maximum Gasteiger partial charge on any atom is 0.323 e. The maximum atomic E-state index is 12.8. The van der Waals surface area contributed by atoms with Gasteiger partial charge in [0.05, 0.1) is 18.9 Å². The van der Waals surface area contributed by atoms with Gasteiger partial charge in [0, 0.05) is 31.7 Å². The van der Waals surface area contributed by atoms with Crippen molar-refractivity contribution in [2.24, 2.45) is 0 Å². The predicted octanol–water partition coefficient (Wildman–Crippen LogP) is 1.39. The molecule has 144 valence electrons. The Labute approximate surface area is 161 Å². The van der Waals surface area contributed by atoms with Gasteiger partial charge in [-0.2, -0.15) is 0 Å². The third-order valence-corrected chi connectivity index (χ3v) is 4.55. The molecule has 1 fully saturated rings. The highest BCUT2D eigenvalue weighted by Crippen LogP contribution is 2.26. The fourth-order valence-electron chi connectivity index (χ4n) is 2.97. The number of carboxylic acids is 1. The number of nitrogens with zero attached hydrogens (tertiary/aromatic N) is 3. The van der Waals surface area contributed by atoms with Crippen molar-refractivity contribution >= 4 is 23.4 Å². The molecule has 0 saturated carbocycles. The van der Waals surface area contributed by atoms with Gasteiger partial charge in [-0.25, -0.2) is 4.98 Å². The molecule has 0 radical (unpaired) electrons. The number of carbonyl (C=O) groups is 1. The second kappa shape index (κ2) is 8.98. The molecule has 1 aromatic heterocycles. The molecule has 1 aromatic carbocycles.